The third-order valence-corrected chi connectivity index (χ3v) is 6.75. The second-order valence-electron chi connectivity index (χ2n) is 7.39. The van der Waals surface area contributed by atoms with Gasteiger partial charge in [0.05, 0.1) is 6.67 Å². The molecule has 0 saturated carbocycles. The van der Waals surface area contributed by atoms with Gasteiger partial charge in [0.15, 0.2) is 0 Å². The van der Waals surface area contributed by atoms with Gasteiger partial charge in [0.25, 0.3) is 5.91 Å². The normalized spacial score (nSPS) is 22.0. The maximum atomic E-state index is 14.3. The number of methoxy groups -OCH3 is 1. The van der Waals surface area contributed by atoms with Crippen molar-refractivity contribution in [3.8, 4) is 0 Å². The van der Waals surface area contributed by atoms with E-state index in [1.807, 2.05) is 30.3 Å². The Morgan fingerprint density at radius 3 is 2.55 bits per heavy atom. The SMILES string of the molecule is COC1C(CF)C(c2ccc3ccccc3c2Br)CCN1C(=O)c1ccccc1. The number of hydrogen-bond donors (Lipinski definition) is 0. The first-order valence-corrected chi connectivity index (χ1v) is 10.6. The van der Waals surface area contributed by atoms with Crippen LogP contribution in [0.1, 0.15) is 28.3 Å². The van der Waals surface area contributed by atoms with Crippen molar-refractivity contribution in [3.63, 3.8) is 0 Å². The van der Waals surface area contributed by atoms with Crippen molar-refractivity contribution >= 4 is 32.6 Å². The number of piperidine rings is 1. The van der Waals surface area contributed by atoms with Crippen LogP contribution in [0.2, 0.25) is 0 Å². The molecule has 1 amide bonds. The molecule has 1 fully saturated rings. The van der Waals surface area contributed by atoms with Crippen molar-refractivity contribution in [2.45, 2.75) is 18.6 Å². The first kappa shape index (κ1) is 20.0. The number of nitrogens with zero attached hydrogens (tertiary/aromatic N) is 1. The predicted octanol–water partition coefficient (Wildman–Crippen LogP) is 5.79. The molecule has 3 nitrogen and oxygen atoms in total. The lowest BCUT2D eigenvalue weighted by atomic mass is 9.79. The highest BCUT2D eigenvalue weighted by Crippen LogP contribution is 2.42. The number of likely N-dealkylation sites (tertiary alicyclic amines) is 1. The Bertz CT molecular complexity index is 1010. The Kier molecular flexibility index (Phi) is 5.97. The van der Waals surface area contributed by atoms with Gasteiger partial charge in [-0.2, -0.15) is 0 Å². The number of halogens is 2. The van der Waals surface area contributed by atoms with Gasteiger partial charge in [0, 0.05) is 29.6 Å². The van der Waals surface area contributed by atoms with Crippen LogP contribution in [0.15, 0.2) is 71.2 Å². The average Bonchev–Trinajstić information content (AvgIpc) is 2.78. The Morgan fingerprint density at radius 2 is 1.83 bits per heavy atom. The number of ether oxygens (including phenoxy) is 1. The van der Waals surface area contributed by atoms with E-state index in [0.29, 0.717) is 18.5 Å². The molecule has 0 radical (unpaired) electrons. The van der Waals surface area contributed by atoms with Crippen molar-refractivity contribution < 1.29 is 13.9 Å². The minimum atomic E-state index is -0.607. The van der Waals surface area contributed by atoms with Crippen molar-refractivity contribution in [2.75, 3.05) is 20.3 Å². The number of benzene rings is 3. The molecule has 1 aliphatic heterocycles. The number of fused-ring (bicyclic) bond motifs is 1. The second kappa shape index (κ2) is 8.64. The molecule has 1 heterocycles. The summed E-state index contributed by atoms with van der Waals surface area (Å²) >= 11 is 3.75. The number of carbonyl (C=O) groups excluding carboxylic acids is 1. The largest absolute Gasteiger partial charge is 0.361 e. The third kappa shape index (κ3) is 3.69. The molecule has 29 heavy (non-hydrogen) atoms. The fourth-order valence-electron chi connectivity index (χ4n) is 4.42. The maximum Gasteiger partial charge on any atom is 0.255 e. The Balaban J connectivity index is 1.68. The quantitative estimate of drug-likeness (QED) is 0.498. The summed E-state index contributed by atoms with van der Waals surface area (Å²) in [5.74, 6) is -0.588. The van der Waals surface area contributed by atoms with E-state index < -0.39 is 18.8 Å². The molecular weight excluding hydrogens is 433 g/mol. The molecule has 0 aliphatic carbocycles. The zero-order valence-electron chi connectivity index (χ0n) is 16.2. The van der Waals surface area contributed by atoms with Crippen LogP contribution in [-0.4, -0.2) is 37.4 Å². The highest BCUT2D eigenvalue weighted by atomic mass is 79.9. The Hall–Kier alpha value is -2.24. The molecule has 3 aromatic rings. The van der Waals surface area contributed by atoms with Gasteiger partial charge in [-0.05, 0) is 56.7 Å². The third-order valence-electron chi connectivity index (χ3n) is 5.87. The molecule has 0 bridgehead atoms. The van der Waals surface area contributed by atoms with E-state index in [1.54, 1.807) is 24.1 Å². The fourth-order valence-corrected chi connectivity index (χ4v) is 5.21. The standard InChI is InChI=1S/C24H23BrFNO2/c1-29-24-21(15-26)19(13-14-27(24)23(28)17-8-3-2-4-9-17)20-12-11-16-7-5-6-10-18(16)22(20)25/h2-12,19,21,24H,13-15H2,1H3. The molecule has 0 spiro atoms. The molecule has 150 valence electrons. The van der Waals surface area contributed by atoms with Crippen LogP contribution in [-0.2, 0) is 4.74 Å². The van der Waals surface area contributed by atoms with Gasteiger partial charge in [-0.1, -0.05) is 54.6 Å². The van der Waals surface area contributed by atoms with Crippen LogP contribution < -0.4 is 0 Å². The number of amides is 1. The van der Waals surface area contributed by atoms with Crippen LogP contribution >= 0.6 is 15.9 Å². The van der Waals surface area contributed by atoms with E-state index in [9.17, 15) is 9.18 Å². The van der Waals surface area contributed by atoms with Gasteiger partial charge in [0.2, 0.25) is 0 Å². The van der Waals surface area contributed by atoms with Crippen LogP contribution in [0, 0.1) is 5.92 Å². The lowest BCUT2D eigenvalue weighted by Gasteiger charge is -2.44. The summed E-state index contributed by atoms with van der Waals surface area (Å²) in [6.45, 7) is -0.0340. The van der Waals surface area contributed by atoms with E-state index in [0.717, 1.165) is 20.8 Å². The summed E-state index contributed by atoms with van der Waals surface area (Å²) in [6, 6.07) is 21.4. The van der Waals surface area contributed by atoms with E-state index >= 15 is 0 Å². The molecule has 4 rings (SSSR count). The van der Waals surface area contributed by atoms with Gasteiger partial charge in [-0.25, -0.2) is 0 Å². The van der Waals surface area contributed by atoms with Crippen LogP contribution in [0.5, 0.6) is 0 Å². The fraction of sp³-hybridized carbons (Fsp3) is 0.292. The summed E-state index contributed by atoms with van der Waals surface area (Å²) in [5, 5.41) is 2.25. The van der Waals surface area contributed by atoms with Crippen molar-refractivity contribution in [2.24, 2.45) is 5.92 Å². The predicted molar refractivity (Wildman–Crippen MR) is 117 cm³/mol. The molecule has 1 saturated heterocycles. The first-order valence-electron chi connectivity index (χ1n) is 9.77. The Morgan fingerprint density at radius 1 is 1.10 bits per heavy atom. The molecule has 0 N–H and O–H groups in total. The molecule has 3 aromatic carbocycles. The summed E-state index contributed by atoms with van der Waals surface area (Å²) < 4.78 is 21.0. The smallest absolute Gasteiger partial charge is 0.255 e. The summed E-state index contributed by atoms with van der Waals surface area (Å²) in [6.07, 6.45) is 0.0778. The summed E-state index contributed by atoms with van der Waals surface area (Å²) in [5.41, 5.74) is 1.66. The average molecular weight is 456 g/mol. The minimum absolute atomic E-state index is 0.0382. The summed E-state index contributed by atoms with van der Waals surface area (Å²) in [4.78, 5) is 14.7. The monoisotopic (exact) mass is 455 g/mol. The number of carbonyl (C=O) groups is 1. The summed E-state index contributed by atoms with van der Waals surface area (Å²) in [7, 11) is 1.55. The number of hydrogen-bond acceptors (Lipinski definition) is 2. The minimum Gasteiger partial charge on any atom is -0.361 e. The van der Waals surface area contributed by atoms with Crippen molar-refractivity contribution in [3.05, 3.63) is 82.3 Å². The van der Waals surface area contributed by atoms with E-state index in [4.69, 9.17) is 4.74 Å². The van der Waals surface area contributed by atoms with E-state index in [1.165, 1.54) is 0 Å². The van der Waals surface area contributed by atoms with Crippen molar-refractivity contribution in [1.29, 1.82) is 0 Å². The topological polar surface area (TPSA) is 29.5 Å². The van der Waals surface area contributed by atoms with Crippen LogP contribution in [0.3, 0.4) is 0 Å². The first-order chi connectivity index (χ1) is 14.2. The molecule has 5 heteroatoms. The lowest BCUT2D eigenvalue weighted by molar-refractivity contribution is -0.0876. The Labute approximate surface area is 178 Å². The van der Waals surface area contributed by atoms with E-state index in [-0.39, 0.29) is 11.8 Å². The van der Waals surface area contributed by atoms with Gasteiger partial charge >= 0.3 is 0 Å². The van der Waals surface area contributed by atoms with Gasteiger partial charge < -0.3 is 9.64 Å². The van der Waals surface area contributed by atoms with Crippen LogP contribution in [0.25, 0.3) is 10.8 Å². The highest BCUT2D eigenvalue weighted by molar-refractivity contribution is 9.10. The van der Waals surface area contributed by atoms with E-state index in [2.05, 4.69) is 40.2 Å². The highest BCUT2D eigenvalue weighted by Gasteiger charge is 2.42. The van der Waals surface area contributed by atoms with Gasteiger partial charge in [0.1, 0.15) is 6.23 Å². The lowest BCUT2D eigenvalue weighted by Crippen LogP contribution is -2.52. The van der Waals surface area contributed by atoms with Gasteiger partial charge in [-0.15, -0.1) is 0 Å². The molecular formula is C24H23BrFNO2. The molecule has 3 atom stereocenters. The van der Waals surface area contributed by atoms with Crippen molar-refractivity contribution in [1.82, 2.24) is 4.90 Å². The second-order valence-corrected chi connectivity index (χ2v) is 8.19. The molecule has 0 aromatic heterocycles. The molecule has 1 aliphatic rings. The maximum absolute atomic E-state index is 14.3. The number of rotatable bonds is 4. The van der Waals surface area contributed by atoms with Gasteiger partial charge in [-0.3, -0.25) is 9.18 Å². The molecule has 3 unspecified atom stereocenters. The number of alkyl halides is 1. The van der Waals surface area contributed by atoms with Crippen LogP contribution in [0.4, 0.5) is 4.39 Å². The zero-order chi connectivity index (χ0) is 20.4. The zero-order valence-corrected chi connectivity index (χ0v) is 17.8.